The predicted octanol–water partition coefficient (Wildman–Crippen LogP) is 4.34. The van der Waals surface area contributed by atoms with Gasteiger partial charge in [-0.1, -0.05) is 25.1 Å². The van der Waals surface area contributed by atoms with E-state index in [0.29, 0.717) is 6.04 Å². The zero-order chi connectivity index (χ0) is 14.8. The Kier molecular flexibility index (Phi) is 4.41. The van der Waals surface area contributed by atoms with Gasteiger partial charge in [0.05, 0.1) is 10.7 Å². The largest absolute Gasteiger partial charge is 0.309 e. The molecule has 1 atom stereocenters. The topological polar surface area (TPSA) is 24.9 Å². The molecule has 1 aromatic carbocycles. The van der Waals surface area contributed by atoms with Crippen LogP contribution in [0.4, 0.5) is 0 Å². The lowest BCUT2D eigenvalue weighted by Crippen LogP contribution is -2.23. The van der Waals surface area contributed by atoms with Crippen molar-refractivity contribution >= 4 is 11.3 Å². The molecule has 0 saturated heterocycles. The van der Waals surface area contributed by atoms with E-state index in [2.05, 4.69) is 44.3 Å². The molecule has 1 aliphatic carbocycles. The first-order valence-electron chi connectivity index (χ1n) is 7.95. The number of nitrogens with one attached hydrogen (secondary N) is 1. The Morgan fingerprint density at radius 2 is 2.14 bits per heavy atom. The Morgan fingerprint density at radius 3 is 2.90 bits per heavy atom. The van der Waals surface area contributed by atoms with Crippen LogP contribution in [0.3, 0.4) is 0 Å². The number of aromatic nitrogens is 1. The van der Waals surface area contributed by atoms with E-state index in [0.717, 1.165) is 19.4 Å². The van der Waals surface area contributed by atoms with E-state index in [1.165, 1.54) is 45.1 Å². The molecule has 21 heavy (non-hydrogen) atoms. The number of fused-ring (bicyclic) bond motifs is 1. The van der Waals surface area contributed by atoms with Gasteiger partial charge in [-0.05, 0) is 56.3 Å². The second-order valence-corrected chi connectivity index (χ2v) is 7.13. The maximum absolute atomic E-state index is 4.91. The van der Waals surface area contributed by atoms with E-state index in [9.17, 15) is 0 Å². The third kappa shape index (κ3) is 3.19. The van der Waals surface area contributed by atoms with Crippen LogP contribution in [0.5, 0.6) is 0 Å². The number of hydrogen-bond donors (Lipinski definition) is 1. The van der Waals surface area contributed by atoms with Gasteiger partial charge >= 0.3 is 0 Å². The number of aryl methyl sites for hydroxylation is 3. The molecule has 2 nitrogen and oxygen atoms in total. The third-order valence-corrected chi connectivity index (χ3v) is 5.58. The highest BCUT2D eigenvalue weighted by Crippen LogP contribution is 2.34. The van der Waals surface area contributed by atoms with Gasteiger partial charge in [-0.25, -0.2) is 4.98 Å². The summed E-state index contributed by atoms with van der Waals surface area (Å²) in [5.74, 6) is 0. The molecule has 0 amide bonds. The molecule has 112 valence electrons. The van der Waals surface area contributed by atoms with Crippen LogP contribution in [-0.2, 0) is 12.8 Å². The van der Waals surface area contributed by atoms with Gasteiger partial charge in [-0.15, -0.1) is 11.3 Å². The molecule has 0 radical (unpaired) electrons. The monoisotopic (exact) mass is 300 g/mol. The average Bonchev–Trinajstić information content (AvgIpc) is 2.87. The van der Waals surface area contributed by atoms with Crippen molar-refractivity contribution < 1.29 is 0 Å². The second kappa shape index (κ2) is 6.29. The molecule has 0 fully saturated rings. The average molecular weight is 300 g/mol. The quantitative estimate of drug-likeness (QED) is 0.908. The lowest BCUT2D eigenvalue weighted by Gasteiger charge is -2.21. The standard InChI is InChI=1S/C18H24N2S/c1-4-19-15-6-5-7-16-18(15)21-17(20-16)11-14-9-8-12(2)13(3)10-14/h8-10,15,19H,4-7,11H2,1-3H3. The Balaban J connectivity index is 1.82. The fourth-order valence-corrected chi connectivity index (χ4v) is 4.33. The summed E-state index contributed by atoms with van der Waals surface area (Å²) in [6.07, 6.45) is 4.64. The van der Waals surface area contributed by atoms with Crippen molar-refractivity contribution in [3.05, 3.63) is 50.5 Å². The molecule has 0 spiro atoms. The van der Waals surface area contributed by atoms with Gasteiger partial charge in [0.2, 0.25) is 0 Å². The summed E-state index contributed by atoms with van der Waals surface area (Å²) in [7, 11) is 0. The second-order valence-electron chi connectivity index (χ2n) is 6.02. The number of rotatable bonds is 4. The molecule has 3 heteroatoms. The normalized spacial score (nSPS) is 17.8. The number of nitrogens with zero attached hydrogens (tertiary/aromatic N) is 1. The molecule has 1 heterocycles. The zero-order valence-electron chi connectivity index (χ0n) is 13.2. The highest BCUT2D eigenvalue weighted by atomic mass is 32.1. The summed E-state index contributed by atoms with van der Waals surface area (Å²) in [6, 6.07) is 7.30. The van der Waals surface area contributed by atoms with Gasteiger partial charge in [-0.2, -0.15) is 0 Å². The molecular formula is C18H24N2S. The molecule has 1 aliphatic rings. The Bertz CT molecular complexity index is 630. The fraction of sp³-hybridized carbons (Fsp3) is 0.500. The first kappa shape index (κ1) is 14.7. The van der Waals surface area contributed by atoms with Gasteiger partial charge in [0, 0.05) is 17.3 Å². The van der Waals surface area contributed by atoms with E-state index in [-0.39, 0.29) is 0 Å². The summed E-state index contributed by atoms with van der Waals surface area (Å²) >= 11 is 1.91. The van der Waals surface area contributed by atoms with Crippen molar-refractivity contribution in [3.63, 3.8) is 0 Å². The maximum atomic E-state index is 4.91. The molecule has 0 bridgehead atoms. The number of benzene rings is 1. The van der Waals surface area contributed by atoms with Crippen LogP contribution in [-0.4, -0.2) is 11.5 Å². The predicted molar refractivity (Wildman–Crippen MR) is 90.2 cm³/mol. The summed E-state index contributed by atoms with van der Waals surface area (Å²) in [6.45, 7) is 7.58. The van der Waals surface area contributed by atoms with Crippen molar-refractivity contribution in [2.24, 2.45) is 0 Å². The van der Waals surface area contributed by atoms with Crippen molar-refractivity contribution in [2.75, 3.05) is 6.54 Å². The van der Waals surface area contributed by atoms with Gasteiger partial charge in [0.25, 0.3) is 0 Å². The van der Waals surface area contributed by atoms with Gasteiger partial charge in [0.1, 0.15) is 0 Å². The summed E-state index contributed by atoms with van der Waals surface area (Å²) in [4.78, 5) is 6.40. The minimum Gasteiger partial charge on any atom is -0.309 e. The SMILES string of the molecule is CCNC1CCCc2nc(Cc3ccc(C)c(C)c3)sc21. The summed E-state index contributed by atoms with van der Waals surface area (Å²) in [5, 5.41) is 4.88. The van der Waals surface area contributed by atoms with E-state index < -0.39 is 0 Å². The van der Waals surface area contributed by atoms with E-state index >= 15 is 0 Å². The van der Waals surface area contributed by atoms with Crippen LogP contribution in [0.15, 0.2) is 18.2 Å². The Morgan fingerprint density at radius 1 is 1.29 bits per heavy atom. The van der Waals surface area contributed by atoms with Crippen molar-refractivity contribution in [1.82, 2.24) is 10.3 Å². The zero-order valence-corrected chi connectivity index (χ0v) is 14.0. The molecule has 2 aromatic rings. The van der Waals surface area contributed by atoms with Crippen LogP contribution in [0.1, 0.15) is 58.1 Å². The van der Waals surface area contributed by atoms with Crippen molar-refractivity contribution in [1.29, 1.82) is 0 Å². The van der Waals surface area contributed by atoms with Crippen LogP contribution in [0.25, 0.3) is 0 Å². The summed E-state index contributed by atoms with van der Waals surface area (Å²) in [5.41, 5.74) is 5.46. The molecule has 1 N–H and O–H groups in total. The number of thiazole rings is 1. The fourth-order valence-electron chi connectivity index (χ4n) is 3.08. The Hall–Kier alpha value is -1.19. The van der Waals surface area contributed by atoms with Crippen LogP contribution in [0.2, 0.25) is 0 Å². The molecule has 1 unspecified atom stereocenters. The van der Waals surface area contributed by atoms with Gasteiger partial charge in [-0.3, -0.25) is 0 Å². The molecule has 1 aromatic heterocycles. The van der Waals surface area contributed by atoms with Crippen LogP contribution < -0.4 is 5.32 Å². The third-order valence-electron chi connectivity index (χ3n) is 4.37. The molecular weight excluding hydrogens is 276 g/mol. The smallest absolute Gasteiger partial charge is 0.0975 e. The Labute approximate surface area is 131 Å². The van der Waals surface area contributed by atoms with Crippen molar-refractivity contribution in [2.45, 2.75) is 52.5 Å². The highest BCUT2D eigenvalue weighted by molar-refractivity contribution is 7.11. The maximum Gasteiger partial charge on any atom is 0.0975 e. The first-order valence-corrected chi connectivity index (χ1v) is 8.77. The molecule has 0 aliphatic heterocycles. The highest BCUT2D eigenvalue weighted by Gasteiger charge is 2.23. The van der Waals surface area contributed by atoms with E-state index in [4.69, 9.17) is 4.98 Å². The van der Waals surface area contributed by atoms with Gasteiger partial charge in [0.15, 0.2) is 0 Å². The first-order chi connectivity index (χ1) is 10.2. The number of hydrogen-bond acceptors (Lipinski definition) is 3. The van der Waals surface area contributed by atoms with E-state index in [1.54, 1.807) is 0 Å². The minimum atomic E-state index is 0.532. The van der Waals surface area contributed by atoms with Crippen LogP contribution >= 0.6 is 11.3 Å². The van der Waals surface area contributed by atoms with Crippen LogP contribution in [0, 0.1) is 13.8 Å². The van der Waals surface area contributed by atoms with Crippen molar-refractivity contribution in [3.8, 4) is 0 Å². The lowest BCUT2D eigenvalue weighted by atomic mass is 9.98. The summed E-state index contributed by atoms with van der Waals surface area (Å²) < 4.78 is 0. The minimum absolute atomic E-state index is 0.532. The van der Waals surface area contributed by atoms with Gasteiger partial charge < -0.3 is 5.32 Å². The molecule has 0 saturated carbocycles. The van der Waals surface area contributed by atoms with E-state index in [1.807, 2.05) is 11.3 Å². The lowest BCUT2D eigenvalue weighted by molar-refractivity contribution is 0.476. The molecule has 3 rings (SSSR count).